The molecule has 2 N–H and O–H groups in total. The summed E-state index contributed by atoms with van der Waals surface area (Å²) in [7, 11) is 0. The standard InChI is InChI=1S/C15H23N3O/c19-12-7-5-11(6-8-12)9-16-15-13-3-1-2-4-14(13)17-10-18-15/h10-12,19H,1-9H2,(H,16,17,18). The smallest absolute Gasteiger partial charge is 0.132 e. The fourth-order valence-electron chi connectivity index (χ4n) is 3.26. The lowest BCUT2D eigenvalue weighted by atomic mass is 9.87. The molecule has 1 heterocycles. The van der Waals surface area contributed by atoms with Gasteiger partial charge in [-0.15, -0.1) is 0 Å². The molecule has 2 aliphatic rings. The molecule has 0 amide bonds. The molecule has 19 heavy (non-hydrogen) atoms. The van der Waals surface area contributed by atoms with Crippen molar-refractivity contribution in [3.05, 3.63) is 17.6 Å². The second kappa shape index (κ2) is 5.87. The Balaban J connectivity index is 1.61. The quantitative estimate of drug-likeness (QED) is 0.876. The van der Waals surface area contributed by atoms with Crippen molar-refractivity contribution in [3.63, 3.8) is 0 Å². The van der Waals surface area contributed by atoms with Crippen LogP contribution in [-0.2, 0) is 12.8 Å². The zero-order valence-corrected chi connectivity index (χ0v) is 11.4. The van der Waals surface area contributed by atoms with Gasteiger partial charge in [-0.1, -0.05) is 0 Å². The fraction of sp³-hybridized carbons (Fsp3) is 0.733. The van der Waals surface area contributed by atoms with E-state index in [-0.39, 0.29) is 6.10 Å². The van der Waals surface area contributed by atoms with Gasteiger partial charge in [0.15, 0.2) is 0 Å². The Morgan fingerprint density at radius 1 is 1.11 bits per heavy atom. The van der Waals surface area contributed by atoms with Gasteiger partial charge in [0.2, 0.25) is 0 Å². The molecule has 0 spiro atoms. The molecule has 0 saturated heterocycles. The summed E-state index contributed by atoms with van der Waals surface area (Å²) in [6, 6.07) is 0. The molecule has 0 unspecified atom stereocenters. The molecule has 1 aromatic heterocycles. The van der Waals surface area contributed by atoms with E-state index in [2.05, 4.69) is 15.3 Å². The van der Waals surface area contributed by atoms with E-state index in [0.29, 0.717) is 5.92 Å². The van der Waals surface area contributed by atoms with Gasteiger partial charge in [-0.25, -0.2) is 9.97 Å². The fourth-order valence-corrected chi connectivity index (χ4v) is 3.26. The predicted molar refractivity (Wildman–Crippen MR) is 75.1 cm³/mol. The molecule has 1 aromatic rings. The third-order valence-electron chi connectivity index (χ3n) is 4.50. The Bertz CT molecular complexity index is 427. The summed E-state index contributed by atoms with van der Waals surface area (Å²) < 4.78 is 0. The van der Waals surface area contributed by atoms with E-state index in [1.807, 2.05) is 0 Å². The highest BCUT2D eigenvalue weighted by atomic mass is 16.3. The van der Waals surface area contributed by atoms with Gasteiger partial charge in [0.1, 0.15) is 12.1 Å². The number of aliphatic hydroxyl groups excluding tert-OH is 1. The van der Waals surface area contributed by atoms with Crippen LogP contribution in [-0.4, -0.2) is 27.7 Å². The van der Waals surface area contributed by atoms with Crippen LogP contribution < -0.4 is 5.32 Å². The maximum atomic E-state index is 9.53. The van der Waals surface area contributed by atoms with Crippen LogP contribution in [0.3, 0.4) is 0 Å². The molecule has 0 atom stereocenters. The zero-order valence-electron chi connectivity index (χ0n) is 11.4. The van der Waals surface area contributed by atoms with Crippen molar-refractivity contribution >= 4 is 5.82 Å². The summed E-state index contributed by atoms with van der Waals surface area (Å²) in [5, 5.41) is 13.1. The summed E-state index contributed by atoms with van der Waals surface area (Å²) in [5.74, 6) is 1.73. The summed E-state index contributed by atoms with van der Waals surface area (Å²) in [6.07, 6.45) is 10.5. The first-order valence-electron chi connectivity index (χ1n) is 7.57. The molecule has 2 aliphatic carbocycles. The Hall–Kier alpha value is -1.16. The lowest BCUT2D eigenvalue weighted by Crippen LogP contribution is -2.24. The van der Waals surface area contributed by atoms with Crippen molar-refractivity contribution in [2.75, 3.05) is 11.9 Å². The van der Waals surface area contributed by atoms with E-state index in [1.54, 1.807) is 6.33 Å². The summed E-state index contributed by atoms with van der Waals surface area (Å²) in [4.78, 5) is 8.82. The maximum Gasteiger partial charge on any atom is 0.132 e. The Morgan fingerprint density at radius 3 is 2.74 bits per heavy atom. The van der Waals surface area contributed by atoms with Crippen molar-refractivity contribution in [3.8, 4) is 0 Å². The van der Waals surface area contributed by atoms with Gasteiger partial charge in [0.25, 0.3) is 0 Å². The van der Waals surface area contributed by atoms with Crippen LogP contribution in [0.15, 0.2) is 6.33 Å². The molecular weight excluding hydrogens is 238 g/mol. The number of aromatic nitrogens is 2. The van der Waals surface area contributed by atoms with Crippen LogP contribution >= 0.6 is 0 Å². The van der Waals surface area contributed by atoms with E-state index in [4.69, 9.17) is 0 Å². The Kier molecular flexibility index (Phi) is 3.97. The highest BCUT2D eigenvalue weighted by Gasteiger charge is 2.20. The predicted octanol–water partition coefficient (Wildman–Crippen LogP) is 2.32. The number of aliphatic hydroxyl groups is 1. The third-order valence-corrected chi connectivity index (χ3v) is 4.50. The van der Waals surface area contributed by atoms with Crippen molar-refractivity contribution in [1.82, 2.24) is 9.97 Å². The van der Waals surface area contributed by atoms with E-state index in [1.165, 1.54) is 24.1 Å². The molecule has 4 heteroatoms. The molecule has 4 nitrogen and oxygen atoms in total. The second-order valence-corrected chi connectivity index (χ2v) is 5.91. The SMILES string of the molecule is OC1CCC(CNc2ncnc3c2CCCC3)CC1. The zero-order chi connectivity index (χ0) is 13.1. The van der Waals surface area contributed by atoms with Gasteiger partial charge in [0, 0.05) is 17.8 Å². The number of hydrogen-bond donors (Lipinski definition) is 2. The summed E-state index contributed by atoms with van der Waals surface area (Å²) in [6.45, 7) is 0.982. The lowest BCUT2D eigenvalue weighted by molar-refractivity contribution is 0.111. The molecule has 0 bridgehead atoms. The highest BCUT2D eigenvalue weighted by molar-refractivity contribution is 5.46. The van der Waals surface area contributed by atoms with E-state index in [9.17, 15) is 5.11 Å². The first-order valence-corrected chi connectivity index (χ1v) is 7.57. The molecule has 0 aromatic carbocycles. The van der Waals surface area contributed by atoms with Crippen molar-refractivity contribution in [2.24, 2.45) is 5.92 Å². The third kappa shape index (κ3) is 3.06. The van der Waals surface area contributed by atoms with Crippen LogP contribution in [0.5, 0.6) is 0 Å². The molecule has 1 saturated carbocycles. The summed E-state index contributed by atoms with van der Waals surface area (Å²) in [5.41, 5.74) is 2.58. The lowest BCUT2D eigenvalue weighted by Gasteiger charge is -2.26. The van der Waals surface area contributed by atoms with Gasteiger partial charge in [-0.05, 0) is 57.3 Å². The highest BCUT2D eigenvalue weighted by Crippen LogP contribution is 2.27. The summed E-state index contributed by atoms with van der Waals surface area (Å²) >= 11 is 0. The number of fused-ring (bicyclic) bond motifs is 1. The molecule has 0 radical (unpaired) electrons. The van der Waals surface area contributed by atoms with Crippen LogP contribution in [0.25, 0.3) is 0 Å². The van der Waals surface area contributed by atoms with Gasteiger partial charge < -0.3 is 10.4 Å². The van der Waals surface area contributed by atoms with Gasteiger partial charge >= 0.3 is 0 Å². The average Bonchev–Trinajstić information content (AvgIpc) is 2.47. The minimum Gasteiger partial charge on any atom is -0.393 e. The van der Waals surface area contributed by atoms with E-state index in [0.717, 1.165) is 50.9 Å². The number of hydrogen-bond acceptors (Lipinski definition) is 4. The number of anilines is 1. The van der Waals surface area contributed by atoms with E-state index >= 15 is 0 Å². The maximum absolute atomic E-state index is 9.53. The largest absolute Gasteiger partial charge is 0.393 e. The minimum absolute atomic E-state index is 0.0666. The topological polar surface area (TPSA) is 58.0 Å². The molecule has 3 rings (SSSR count). The van der Waals surface area contributed by atoms with Gasteiger partial charge in [0.05, 0.1) is 6.10 Å². The van der Waals surface area contributed by atoms with Crippen molar-refractivity contribution in [2.45, 2.75) is 57.5 Å². The molecule has 1 fully saturated rings. The van der Waals surface area contributed by atoms with Gasteiger partial charge in [-0.2, -0.15) is 0 Å². The Morgan fingerprint density at radius 2 is 1.89 bits per heavy atom. The average molecular weight is 261 g/mol. The van der Waals surface area contributed by atoms with Crippen LogP contribution in [0, 0.1) is 5.92 Å². The second-order valence-electron chi connectivity index (χ2n) is 5.91. The first-order chi connectivity index (χ1) is 9.33. The van der Waals surface area contributed by atoms with Crippen LogP contribution in [0.1, 0.15) is 49.8 Å². The Labute approximate surface area is 114 Å². The molecular formula is C15H23N3O. The minimum atomic E-state index is -0.0666. The number of aryl methyl sites for hydroxylation is 1. The van der Waals surface area contributed by atoms with Crippen LogP contribution in [0.2, 0.25) is 0 Å². The van der Waals surface area contributed by atoms with Crippen LogP contribution in [0.4, 0.5) is 5.82 Å². The van der Waals surface area contributed by atoms with Crippen molar-refractivity contribution in [1.29, 1.82) is 0 Å². The van der Waals surface area contributed by atoms with Crippen molar-refractivity contribution < 1.29 is 5.11 Å². The number of nitrogens with zero attached hydrogens (tertiary/aromatic N) is 2. The number of rotatable bonds is 3. The molecule has 104 valence electrons. The number of nitrogens with one attached hydrogen (secondary N) is 1. The monoisotopic (exact) mass is 261 g/mol. The normalized spacial score (nSPS) is 26.8. The molecule has 0 aliphatic heterocycles. The van der Waals surface area contributed by atoms with E-state index < -0.39 is 0 Å². The first kappa shape index (κ1) is 12.9. The van der Waals surface area contributed by atoms with Gasteiger partial charge in [-0.3, -0.25) is 0 Å².